The zero-order valence-electron chi connectivity index (χ0n) is 12.3. The van der Waals surface area contributed by atoms with Gasteiger partial charge in [0.2, 0.25) is 0 Å². The molecule has 0 aromatic carbocycles. The molecule has 0 aliphatic heterocycles. The first kappa shape index (κ1) is 14.7. The third-order valence-corrected chi connectivity index (χ3v) is 3.74. The lowest BCUT2D eigenvalue weighted by molar-refractivity contribution is 0.452. The molecule has 0 spiro atoms. The van der Waals surface area contributed by atoms with Crippen LogP contribution in [0.5, 0.6) is 0 Å². The second kappa shape index (κ2) is 8.47. The lowest BCUT2D eigenvalue weighted by Crippen LogP contribution is -2.09. The van der Waals surface area contributed by atoms with Crippen molar-refractivity contribution in [2.45, 2.75) is 45.4 Å². The maximum Gasteiger partial charge on any atom is 0.0299 e. The maximum atomic E-state index is 4.23. The highest BCUT2D eigenvalue weighted by atomic mass is 14.6. The minimum absolute atomic E-state index is 0.702. The van der Waals surface area contributed by atoms with Gasteiger partial charge in [0, 0.05) is 24.8 Å². The Morgan fingerprint density at radius 1 is 0.900 bits per heavy atom. The van der Waals surface area contributed by atoms with Gasteiger partial charge in [-0.2, -0.15) is 0 Å². The molecule has 2 heterocycles. The summed E-state index contributed by atoms with van der Waals surface area (Å²) < 4.78 is 0. The van der Waals surface area contributed by atoms with Crippen LogP contribution in [0.1, 0.15) is 43.7 Å². The van der Waals surface area contributed by atoms with Crippen molar-refractivity contribution in [1.29, 1.82) is 0 Å². The maximum absolute atomic E-state index is 4.23. The Morgan fingerprint density at radius 3 is 2.40 bits per heavy atom. The summed E-state index contributed by atoms with van der Waals surface area (Å²) in [6.07, 6.45) is 15.1. The van der Waals surface area contributed by atoms with Crippen LogP contribution in [0.2, 0.25) is 0 Å². The van der Waals surface area contributed by atoms with Crippen molar-refractivity contribution < 1.29 is 0 Å². The smallest absolute Gasteiger partial charge is 0.0299 e. The average Bonchev–Trinajstić information content (AvgIpc) is 2.49. The average molecular weight is 268 g/mol. The molecule has 0 N–H and O–H groups in total. The lowest BCUT2D eigenvalue weighted by atomic mass is 9.89. The zero-order valence-corrected chi connectivity index (χ0v) is 12.3. The van der Waals surface area contributed by atoms with Crippen LogP contribution in [0.4, 0.5) is 0 Å². The van der Waals surface area contributed by atoms with E-state index in [4.69, 9.17) is 0 Å². The molecule has 0 aliphatic carbocycles. The Balaban J connectivity index is 1.96. The van der Waals surface area contributed by atoms with Crippen LogP contribution in [0.25, 0.3) is 0 Å². The summed E-state index contributed by atoms with van der Waals surface area (Å²) in [7, 11) is 0. The molecule has 0 saturated heterocycles. The van der Waals surface area contributed by atoms with Crippen LogP contribution < -0.4 is 0 Å². The summed E-state index contributed by atoms with van der Waals surface area (Å²) in [6.45, 7) is 2.26. The van der Waals surface area contributed by atoms with E-state index in [0.717, 1.165) is 12.8 Å². The van der Waals surface area contributed by atoms with Crippen LogP contribution in [-0.2, 0) is 12.8 Å². The molecule has 0 saturated carbocycles. The summed E-state index contributed by atoms with van der Waals surface area (Å²) in [6, 6.07) is 8.49. The molecule has 2 rings (SSSR count). The minimum atomic E-state index is 0.702. The second-order valence-electron chi connectivity index (χ2n) is 5.49. The van der Waals surface area contributed by atoms with Gasteiger partial charge in [-0.1, -0.05) is 32.3 Å². The van der Waals surface area contributed by atoms with E-state index >= 15 is 0 Å². The topological polar surface area (TPSA) is 25.8 Å². The third kappa shape index (κ3) is 5.12. The van der Waals surface area contributed by atoms with E-state index in [1.165, 1.54) is 36.8 Å². The Kier molecular flexibility index (Phi) is 6.22. The monoisotopic (exact) mass is 268 g/mol. The van der Waals surface area contributed by atoms with Crippen LogP contribution >= 0.6 is 0 Å². The van der Waals surface area contributed by atoms with E-state index in [9.17, 15) is 0 Å². The fourth-order valence-electron chi connectivity index (χ4n) is 2.66. The highest BCUT2D eigenvalue weighted by Gasteiger charge is 2.11. The van der Waals surface area contributed by atoms with E-state index in [0.29, 0.717) is 5.92 Å². The molecule has 106 valence electrons. The normalized spacial score (nSPS) is 12.2. The SMILES string of the molecule is CCCCCC(Cc1ccncc1)Cc1cccnc1. The third-order valence-electron chi connectivity index (χ3n) is 3.74. The van der Waals surface area contributed by atoms with Gasteiger partial charge in [0.05, 0.1) is 0 Å². The molecule has 1 unspecified atom stereocenters. The molecule has 2 aromatic rings. The Labute approximate surface area is 122 Å². The predicted molar refractivity (Wildman–Crippen MR) is 83.5 cm³/mol. The molecule has 0 bridgehead atoms. The van der Waals surface area contributed by atoms with Gasteiger partial charge in [0.15, 0.2) is 0 Å². The molecule has 2 aromatic heterocycles. The highest BCUT2D eigenvalue weighted by molar-refractivity contribution is 5.13. The van der Waals surface area contributed by atoms with Crippen LogP contribution in [0.15, 0.2) is 49.1 Å². The number of aromatic nitrogens is 2. The van der Waals surface area contributed by atoms with Gasteiger partial charge < -0.3 is 0 Å². The van der Waals surface area contributed by atoms with Gasteiger partial charge in [-0.3, -0.25) is 9.97 Å². The number of nitrogens with zero attached hydrogens (tertiary/aromatic N) is 2. The fraction of sp³-hybridized carbons (Fsp3) is 0.444. The largest absolute Gasteiger partial charge is 0.265 e. The summed E-state index contributed by atoms with van der Waals surface area (Å²) in [4.78, 5) is 8.33. The molecule has 2 heteroatoms. The minimum Gasteiger partial charge on any atom is -0.265 e. The summed E-state index contributed by atoms with van der Waals surface area (Å²) in [5.74, 6) is 0.702. The molecule has 2 nitrogen and oxygen atoms in total. The zero-order chi connectivity index (χ0) is 14.0. The molecule has 0 fully saturated rings. The van der Waals surface area contributed by atoms with Gasteiger partial charge in [-0.15, -0.1) is 0 Å². The van der Waals surface area contributed by atoms with Crippen LogP contribution in [0.3, 0.4) is 0 Å². The van der Waals surface area contributed by atoms with E-state index in [1.54, 1.807) is 0 Å². The molecular formula is C18H24N2. The standard InChI is InChI=1S/C18H24N2/c1-2-3-4-6-17(13-16-8-11-19-12-9-16)14-18-7-5-10-20-15-18/h5,7-12,15,17H,2-4,6,13-14H2,1H3. The van der Waals surface area contributed by atoms with E-state index in [2.05, 4.69) is 35.1 Å². The first-order chi connectivity index (χ1) is 9.88. The van der Waals surface area contributed by atoms with E-state index in [1.807, 2.05) is 30.9 Å². The first-order valence-corrected chi connectivity index (χ1v) is 7.66. The van der Waals surface area contributed by atoms with Crippen molar-refractivity contribution in [3.05, 3.63) is 60.2 Å². The lowest BCUT2D eigenvalue weighted by Gasteiger charge is -2.17. The Morgan fingerprint density at radius 2 is 1.70 bits per heavy atom. The molecule has 0 amide bonds. The second-order valence-corrected chi connectivity index (χ2v) is 5.49. The van der Waals surface area contributed by atoms with Crippen molar-refractivity contribution in [2.24, 2.45) is 5.92 Å². The molecular weight excluding hydrogens is 244 g/mol. The summed E-state index contributed by atoms with van der Waals surface area (Å²) in [5, 5.41) is 0. The summed E-state index contributed by atoms with van der Waals surface area (Å²) >= 11 is 0. The number of hydrogen-bond acceptors (Lipinski definition) is 2. The van der Waals surface area contributed by atoms with Gasteiger partial charge in [0.25, 0.3) is 0 Å². The van der Waals surface area contributed by atoms with E-state index in [-0.39, 0.29) is 0 Å². The Hall–Kier alpha value is -1.70. The fourth-order valence-corrected chi connectivity index (χ4v) is 2.66. The number of hydrogen-bond donors (Lipinski definition) is 0. The van der Waals surface area contributed by atoms with Crippen molar-refractivity contribution in [1.82, 2.24) is 9.97 Å². The molecule has 1 atom stereocenters. The van der Waals surface area contributed by atoms with E-state index < -0.39 is 0 Å². The molecule has 0 aliphatic rings. The summed E-state index contributed by atoms with van der Waals surface area (Å²) in [5.41, 5.74) is 2.74. The van der Waals surface area contributed by atoms with Crippen molar-refractivity contribution >= 4 is 0 Å². The number of rotatable bonds is 8. The van der Waals surface area contributed by atoms with Gasteiger partial charge >= 0.3 is 0 Å². The first-order valence-electron chi connectivity index (χ1n) is 7.66. The van der Waals surface area contributed by atoms with Crippen molar-refractivity contribution in [3.63, 3.8) is 0 Å². The number of unbranched alkanes of at least 4 members (excludes halogenated alkanes) is 2. The highest BCUT2D eigenvalue weighted by Crippen LogP contribution is 2.20. The molecule has 20 heavy (non-hydrogen) atoms. The molecule has 0 radical (unpaired) electrons. The predicted octanol–water partition coefficient (Wildman–Crippen LogP) is 4.46. The van der Waals surface area contributed by atoms with Crippen LogP contribution in [-0.4, -0.2) is 9.97 Å². The Bertz CT molecular complexity index is 426. The van der Waals surface area contributed by atoms with Crippen LogP contribution in [0, 0.1) is 5.92 Å². The van der Waals surface area contributed by atoms with Gasteiger partial charge in [-0.05, 0) is 54.5 Å². The van der Waals surface area contributed by atoms with Gasteiger partial charge in [-0.25, -0.2) is 0 Å². The number of pyridine rings is 2. The van der Waals surface area contributed by atoms with Crippen molar-refractivity contribution in [3.8, 4) is 0 Å². The van der Waals surface area contributed by atoms with Crippen molar-refractivity contribution in [2.75, 3.05) is 0 Å². The quantitative estimate of drug-likeness (QED) is 0.661. The van der Waals surface area contributed by atoms with Gasteiger partial charge in [0.1, 0.15) is 0 Å².